The van der Waals surface area contributed by atoms with Crippen LogP contribution in [0.5, 0.6) is 11.5 Å². The molecule has 3 aromatic carbocycles. The number of hydrogen-bond acceptors (Lipinski definition) is 8. The number of carbonyl (C=O) groups excluding carboxylic acids is 2. The number of hydrogen-bond donors (Lipinski definition) is 0. The van der Waals surface area contributed by atoms with E-state index in [-0.39, 0.29) is 11.9 Å². The van der Waals surface area contributed by atoms with E-state index in [4.69, 9.17) is 28.4 Å². The van der Waals surface area contributed by atoms with Crippen LogP contribution in [0.1, 0.15) is 63.8 Å². The highest BCUT2D eigenvalue weighted by Gasteiger charge is 2.21. The molecule has 0 radical (unpaired) electrons. The highest BCUT2D eigenvalue weighted by molar-refractivity contribution is 5.75. The summed E-state index contributed by atoms with van der Waals surface area (Å²) in [5, 5.41) is 0. The summed E-state index contributed by atoms with van der Waals surface area (Å²) in [4.78, 5) is 24.3. The van der Waals surface area contributed by atoms with Crippen LogP contribution >= 0.6 is 0 Å². The van der Waals surface area contributed by atoms with Crippen molar-refractivity contribution in [3.8, 4) is 35.2 Å². The lowest BCUT2D eigenvalue weighted by atomic mass is 10.1. The summed E-state index contributed by atoms with van der Waals surface area (Å²) in [6.07, 6.45) is 3.53. The molecule has 2 atom stereocenters. The Morgan fingerprint density at radius 1 is 0.558 bits per heavy atom. The Morgan fingerprint density at radius 3 is 1.25 bits per heavy atom. The fraction of sp³-hybridized carbons (Fsp3) is 0.364. The van der Waals surface area contributed by atoms with Crippen molar-refractivity contribution >= 4 is 11.9 Å². The summed E-state index contributed by atoms with van der Waals surface area (Å²) >= 11 is 0. The van der Waals surface area contributed by atoms with Gasteiger partial charge in [-0.3, -0.25) is 0 Å². The van der Waals surface area contributed by atoms with Crippen molar-refractivity contribution in [2.75, 3.05) is 39.6 Å². The van der Waals surface area contributed by atoms with Crippen molar-refractivity contribution in [2.24, 2.45) is 0 Å². The van der Waals surface area contributed by atoms with Crippen LogP contribution in [0.3, 0.4) is 0 Å². The molecule has 52 heavy (non-hydrogen) atoms. The predicted molar refractivity (Wildman–Crippen MR) is 203 cm³/mol. The van der Waals surface area contributed by atoms with Gasteiger partial charge in [-0.15, -0.1) is 0 Å². The van der Waals surface area contributed by atoms with E-state index in [0.29, 0.717) is 52.5 Å². The quantitative estimate of drug-likeness (QED) is 0.0996. The van der Waals surface area contributed by atoms with Gasteiger partial charge in [0.2, 0.25) is 0 Å². The SMILES string of the molecule is CCOC(=O)C(Cc1ccc(OCC=C(C)C#Cc2ccc(C#CC(C)=CCOc3ccc(CC(OCC)C(=O)OCC)cc3)cc2)cc1)OCC. The maximum absolute atomic E-state index is 12.1. The van der Waals surface area contributed by atoms with Gasteiger partial charge < -0.3 is 28.4 Å². The summed E-state index contributed by atoms with van der Waals surface area (Å²) in [6, 6.07) is 23.0. The van der Waals surface area contributed by atoms with Gasteiger partial charge in [-0.2, -0.15) is 0 Å². The summed E-state index contributed by atoms with van der Waals surface area (Å²) < 4.78 is 33.1. The number of carbonyl (C=O) groups is 2. The van der Waals surface area contributed by atoms with E-state index in [1.54, 1.807) is 13.8 Å². The van der Waals surface area contributed by atoms with Crippen molar-refractivity contribution in [2.45, 2.75) is 66.6 Å². The van der Waals surface area contributed by atoms with Crippen LogP contribution in [-0.4, -0.2) is 63.8 Å². The zero-order valence-corrected chi connectivity index (χ0v) is 31.2. The second-order valence-electron chi connectivity index (χ2n) is 11.6. The van der Waals surface area contributed by atoms with Crippen LogP contribution in [0.15, 0.2) is 96.1 Å². The van der Waals surface area contributed by atoms with Gasteiger partial charge in [-0.25, -0.2) is 9.59 Å². The van der Waals surface area contributed by atoms with Gasteiger partial charge in [0.15, 0.2) is 12.2 Å². The maximum atomic E-state index is 12.1. The first-order chi connectivity index (χ1) is 25.2. The van der Waals surface area contributed by atoms with Crippen LogP contribution in [0.25, 0.3) is 0 Å². The second-order valence-corrected chi connectivity index (χ2v) is 11.6. The van der Waals surface area contributed by atoms with Crippen molar-refractivity contribution in [3.05, 3.63) is 118 Å². The minimum absolute atomic E-state index is 0.323. The van der Waals surface area contributed by atoms with Crippen LogP contribution in [0, 0.1) is 23.7 Å². The Kier molecular flexibility index (Phi) is 18.4. The monoisotopic (exact) mass is 706 g/mol. The molecule has 0 saturated carbocycles. The lowest BCUT2D eigenvalue weighted by Crippen LogP contribution is -2.28. The van der Waals surface area contributed by atoms with Gasteiger partial charge in [-0.1, -0.05) is 47.9 Å². The molecule has 0 saturated heterocycles. The zero-order chi connectivity index (χ0) is 37.6. The molecule has 3 aromatic rings. The first-order valence-electron chi connectivity index (χ1n) is 17.7. The predicted octanol–water partition coefficient (Wildman–Crippen LogP) is 7.46. The average molecular weight is 707 g/mol. The molecular weight excluding hydrogens is 656 g/mol. The molecule has 0 heterocycles. The molecule has 2 unspecified atom stereocenters. The Balaban J connectivity index is 1.44. The Bertz CT molecular complexity index is 1600. The average Bonchev–Trinajstić information content (AvgIpc) is 3.14. The topological polar surface area (TPSA) is 89.5 Å². The van der Waals surface area contributed by atoms with E-state index in [9.17, 15) is 9.59 Å². The molecule has 0 aliphatic carbocycles. The number of ether oxygens (including phenoxy) is 6. The minimum Gasteiger partial charge on any atom is -0.490 e. The first-order valence-corrected chi connectivity index (χ1v) is 17.7. The molecule has 8 heteroatoms. The maximum Gasteiger partial charge on any atom is 0.335 e. The lowest BCUT2D eigenvalue weighted by Gasteiger charge is -2.15. The van der Waals surface area contributed by atoms with E-state index in [1.807, 2.05) is 113 Å². The smallest absolute Gasteiger partial charge is 0.335 e. The van der Waals surface area contributed by atoms with Crippen LogP contribution < -0.4 is 9.47 Å². The fourth-order valence-corrected chi connectivity index (χ4v) is 4.77. The summed E-state index contributed by atoms with van der Waals surface area (Å²) in [5.41, 5.74) is 5.52. The second kappa shape index (κ2) is 23.2. The zero-order valence-electron chi connectivity index (χ0n) is 31.2. The van der Waals surface area contributed by atoms with Crippen molar-refractivity contribution in [1.82, 2.24) is 0 Å². The molecular formula is C44H50O8. The molecule has 274 valence electrons. The van der Waals surface area contributed by atoms with E-state index >= 15 is 0 Å². The van der Waals surface area contributed by atoms with Gasteiger partial charge in [0.05, 0.1) is 13.2 Å². The largest absolute Gasteiger partial charge is 0.490 e. The van der Waals surface area contributed by atoms with E-state index in [2.05, 4.69) is 23.7 Å². The van der Waals surface area contributed by atoms with Crippen LogP contribution in [-0.2, 0) is 41.4 Å². The molecule has 0 aromatic heterocycles. The Labute approximate surface area is 309 Å². The molecule has 3 rings (SSSR count). The van der Waals surface area contributed by atoms with Gasteiger partial charge >= 0.3 is 11.9 Å². The van der Waals surface area contributed by atoms with Crippen LogP contribution in [0.4, 0.5) is 0 Å². The van der Waals surface area contributed by atoms with Crippen LogP contribution in [0.2, 0.25) is 0 Å². The highest BCUT2D eigenvalue weighted by atomic mass is 16.6. The van der Waals surface area contributed by atoms with E-state index in [0.717, 1.165) is 44.9 Å². The lowest BCUT2D eigenvalue weighted by molar-refractivity contribution is -0.157. The third kappa shape index (κ3) is 15.3. The molecule has 0 aliphatic rings. The Hall–Kier alpha value is -5.28. The third-order valence-electron chi connectivity index (χ3n) is 7.50. The number of benzene rings is 3. The van der Waals surface area contributed by atoms with Crippen molar-refractivity contribution < 1.29 is 38.0 Å². The first kappa shape index (κ1) is 41.1. The number of rotatable bonds is 18. The van der Waals surface area contributed by atoms with E-state index < -0.39 is 12.2 Å². The minimum atomic E-state index is -0.618. The molecule has 0 spiro atoms. The summed E-state index contributed by atoms with van der Waals surface area (Å²) in [6.45, 7) is 13.5. The number of esters is 2. The van der Waals surface area contributed by atoms with Gasteiger partial charge in [0.25, 0.3) is 0 Å². The number of allylic oxidation sites excluding steroid dienone is 2. The normalized spacial score (nSPS) is 12.3. The molecule has 0 amide bonds. The Morgan fingerprint density at radius 2 is 0.923 bits per heavy atom. The molecule has 8 nitrogen and oxygen atoms in total. The summed E-state index contributed by atoms with van der Waals surface area (Å²) in [5.74, 6) is 13.5. The molecule has 0 fully saturated rings. The van der Waals surface area contributed by atoms with Crippen molar-refractivity contribution in [3.63, 3.8) is 0 Å². The molecule has 0 aliphatic heterocycles. The van der Waals surface area contributed by atoms with Gasteiger partial charge in [0.1, 0.15) is 24.7 Å². The van der Waals surface area contributed by atoms with Crippen molar-refractivity contribution in [1.29, 1.82) is 0 Å². The van der Waals surface area contributed by atoms with Gasteiger partial charge in [-0.05, 0) is 124 Å². The van der Waals surface area contributed by atoms with Gasteiger partial charge in [0, 0.05) is 37.2 Å². The standard InChI is InChI=1S/C44H50O8/c1-7-47-41(43(45)49-9-3)31-37-19-23-39(24-20-37)51-29-27-33(5)11-13-35-15-17-36(18-16-35)14-12-34(6)28-30-52-40-25-21-38(22-26-40)32-42(48-8-2)44(46)50-10-4/h15-28,41-42H,7-10,29-32H2,1-6H3. The third-order valence-corrected chi connectivity index (χ3v) is 7.50. The molecule has 0 bridgehead atoms. The molecule has 0 N–H and O–H groups in total. The highest BCUT2D eigenvalue weighted by Crippen LogP contribution is 2.17. The fourth-order valence-electron chi connectivity index (χ4n) is 4.77. The van der Waals surface area contributed by atoms with E-state index in [1.165, 1.54) is 0 Å². The summed E-state index contributed by atoms with van der Waals surface area (Å²) in [7, 11) is 0.